The lowest BCUT2D eigenvalue weighted by molar-refractivity contribution is -0.0265. The molecule has 5 nitrogen and oxygen atoms in total. The Morgan fingerprint density at radius 1 is 1.18 bits per heavy atom. The van der Waals surface area contributed by atoms with E-state index in [0.717, 1.165) is 58.1 Å². The van der Waals surface area contributed by atoms with Gasteiger partial charge in [0.1, 0.15) is 0 Å². The summed E-state index contributed by atoms with van der Waals surface area (Å²) in [5.74, 6) is 1.33. The third kappa shape index (κ3) is 7.04. The molecule has 0 aromatic heterocycles. The van der Waals surface area contributed by atoms with Crippen molar-refractivity contribution in [2.24, 2.45) is 10.9 Å². The van der Waals surface area contributed by atoms with Gasteiger partial charge in [-0.15, -0.1) is 24.0 Å². The van der Waals surface area contributed by atoms with Crippen LogP contribution in [0.15, 0.2) is 40.9 Å². The zero-order valence-corrected chi connectivity index (χ0v) is 19.4. The number of benzene rings is 1. The molecule has 2 aliphatic heterocycles. The van der Waals surface area contributed by atoms with E-state index in [9.17, 15) is 0 Å². The van der Waals surface area contributed by atoms with Gasteiger partial charge < -0.3 is 20.1 Å². The number of aliphatic imine (C=N–C) groups is 1. The lowest BCUT2D eigenvalue weighted by Crippen LogP contribution is -2.42. The molecule has 6 heteroatoms. The fourth-order valence-corrected chi connectivity index (χ4v) is 3.76. The summed E-state index contributed by atoms with van der Waals surface area (Å²) < 4.78 is 11.5. The predicted octanol–water partition coefficient (Wildman–Crippen LogP) is 3.98. The van der Waals surface area contributed by atoms with Gasteiger partial charge in [-0.25, -0.2) is 0 Å². The predicted molar refractivity (Wildman–Crippen MR) is 126 cm³/mol. The molecule has 0 saturated carbocycles. The van der Waals surface area contributed by atoms with Crippen LogP contribution in [0.3, 0.4) is 0 Å². The van der Waals surface area contributed by atoms with Crippen LogP contribution in [0.5, 0.6) is 0 Å². The summed E-state index contributed by atoms with van der Waals surface area (Å²) in [6.07, 6.45) is 6.75. The van der Waals surface area contributed by atoms with Crippen molar-refractivity contribution in [3.05, 3.63) is 47.0 Å². The summed E-state index contributed by atoms with van der Waals surface area (Å²) in [5, 5.41) is 6.94. The van der Waals surface area contributed by atoms with Crippen LogP contribution in [0.25, 0.3) is 0 Å². The van der Waals surface area contributed by atoms with Crippen LogP contribution in [0.4, 0.5) is 0 Å². The van der Waals surface area contributed by atoms with Crippen molar-refractivity contribution in [1.29, 1.82) is 0 Å². The number of rotatable bonds is 6. The molecule has 0 aliphatic carbocycles. The lowest BCUT2D eigenvalue weighted by Gasteiger charge is -2.32. The molecular formula is C22H34IN3O2. The highest BCUT2D eigenvalue weighted by Gasteiger charge is 2.27. The summed E-state index contributed by atoms with van der Waals surface area (Å²) in [6.45, 7) is 6.34. The molecule has 3 rings (SSSR count). The molecule has 1 aromatic carbocycles. The maximum Gasteiger partial charge on any atom is 0.190 e. The molecule has 1 saturated heterocycles. The Morgan fingerprint density at radius 2 is 2.00 bits per heavy atom. The zero-order valence-electron chi connectivity index (χ0n) is 17.1. The standard InChI is InChI=1S/C22H33N3O2.HI/c1-17-5-7-19(8-6-17)21-20(4-3-13-27-21)16-25-22(23-2)24-12-9-18-10-14-26-15-11-18;/h5-8,10,20-21H,3-4,9,11-16H2,1-2H3,(H2,23,24,25);1H. The second kappa shape index (κ2) is 12.4. The van der Waals surface area contributed by atoms with E-state index in [1.165, 1.54) is 23.1 Å². The average Bonchev–Trinajstić information content (AvgIpc) is 2.72. The molecule has 0 bridgehead atoms. The Kier molecular flexibility index (Phi) is 10.3. The number of hydrogen-bond acceptors (Lipinski definition) is 3. The maximum absolute atomic E-state index is 6.12. The second-order valence-electron chi connectivity index (χ2n) is 7.42. The van der Waals surface area contributed by atoms with E-state index in [-0.39, 0.29) is 30.1 Å². The Hall–Kier alpha value is -1.12. The van der Waals surface area contributed by atoms with Crippen LogP contribution >= 0.6 is 24.0 Å². The number of ether oxygens (including phenoxy) is 2. The van der Waals surface area contributed by atoms with Crippen molar-refractivity contribution in [2.45, 2.75) is 38.7 Å². The van der Waals surface area contributed by atoms with Gasteiger partial charge in [-0.2, -0.15) is 0 Å². The highest BCUT2D eigenvalue weighted by molar-refractivity contribution is 14.0. The smallest absolute Gasteiger partial charge is 0.190 e. The largest absolute Gasteiger partial charge is 0.377 e. The van der Waals surface area contributed by atoms with Gasteiger partial charge in [-0.3, -0.25) is 4.99 Å². The van der Waals surface area contributed by atoms with Crippen molar-refractivity contribution in [3.63, 3.8) is 0 Å². The van der Waals surface area contributed by atoms with Gasteiger partial charge in [0, 0.05) is 32.7 Å². The third-order valence-corrected chi connectivity index (χ3v) is 5.40. The van der Waals surface area contributed by atoms with Crippen molar-refractivity contribution < 1.29 is 9.47 Å². The first-order chi connectivity index (χ1) is 13.3. The van der Waals surface area contributed by atoms with Gasteiger partial charge in [0.25, 0.3) is 0 Å². The molecule has 0 spiro atoms. The summed E-state index contributed by atoms with van der Waals surface area (Å²) in [6, 6.07) is 8.74. The Labute approximate surface area is 186 Å². The summed E-state index contributed by atoms with van der Waals surface area (Å²) in [4.78, 5) is 4.37. The van der Waals surface area contributed by atoms with E-state index in [4.69, 9.17) is 9.47 Å². The fourth-order valence-electron chi connectivity index (χ4n) is 3.76. The van der Waals surface area contributed by atoms with Gasteiger partial charge >= 0.3 is 0 Å². The van der Waals surface area contributed by atoms with E-state index in [2.05, 4.69) is 52.9 Å². The van der Waals surface area contributed by atoms with Crippen LogP contribution in [0, 0.1) is 12.8 Å². The van der Waals surface area contributed by atoms with E-state index < -0.39 is 0 Å². The number of nitrogens with zero attached hydrogens (tertiary/aromatic N) is 1. The SMILES string of the molecule is CN=C(NCCC1=CCOCC1)NCC1CCCOC1c1ccc(C)cc1.I. The molecule has 1 aromatic rings. The van der Waals surface area contributed by atoms with Gasteiger partial charge in [0.2, 0.25) is 0 Å². The molecule has 2 atom stereocenters. The topological polar surface area (TPSA) is 54.9 Å². The highest BCUT2D eigenvalue weighted by Crippen LogP contribution is 2.33. The monoisotopic (exact) mass is 499 g/mol. The van der Waals surface area contributed by atoms with Crippen molar-refractivity contribution in [1.82, 2.24) is 10.6 Å². The van der Waals surface area contributed by atoms with E-state index in [1.54, 1.807) is 0 Å². The van der Waals surface area contributed by atoms with Crippen molar-refractivity contribution in [2.75, 3.05) is 40.0 Å². The fraction of sp³-hybridized carbons (Fsp3) is 0.591. The van der Waals surface area contributed by atoms with Crippen LogP contribution in [0.1, 0.15) is 42.9 Å². The van der Waals surface area contributed by atoms with Gasteiger partial charge in [-0.05, 0) is 38.2 Å². The lowest BCUT2D eigenvalue weighted by atomic mass is 9.89. The molecule has 2 N–H and O–H groups in total. The third-order valence-electron chi connectivity index (χ3n) is 5.40. The summed E-state index contributed by atoms with van der Waals surface area (Å²) in [7, 11) is 1.83. The molecular weight excluding hydrogens is 465 g/mol. The first-order valence-corrected chi connectivity index (χ1v) is 10.1. The minimum Gasteiger partial charge on any atom is -0.377 e. The quantitative estimate of drug-likeness (QED) is 0.269. The van der Waals surface area contributed by atoms with Gasteiger partial charge in [0.05, 0.1) is 19.3 Å². The molecule has 0 radical (unpaired) electrons. The molecule has 28 heavy (non-hydrogen) atoms. The van der Waals surface area contributed by atoms with Crippen molar-refractivity contribution >= 4 is 29.9 Å². The minimum atomic E-state index is 0. The van der Waals surface area contributed by atoms with Gasteiger partial charge in [-0.1, -0.05) is 41.5 Å². The molecule has 2 heterocycles. The first kappa shape index (κ1) is 23.2. The molecule has 2 unspecified atom stereocenters. The molecule has 1 fully saturated rings. The summed E-state index contributed by atoms with van der Waals surface area (Å²) in [5.41, 5.74) is 4.04. The highest BCUT2D eigenvalue weighted by atomic mass is 127. The van der Waals surface area contributed by atoms with Crippen LogP contribution < -0.4 is 10.6 Å². The van der Waals surface area contributed by atoms with Gasteiger partial charge in [0.15, 0.2) is 5.96 Å². The first-order valence-electron chi connectivity index (χ1n) is 10.1. The maximum atomic E-state index is 6.12. The minimum absolute atomic E-state index is 0. The van der Waals surface area contributed by atoms with Crippen LogP contribution in [-0.2, 0) is 9.47 Å². The number of hydrogen-bond donors (Lipinski definition) is 2. The number of halogens is 1. The van der Waals surface area contributed by atoms with E-state index >= 15 is 0 Å². The van der Waals surface area contributed by atoms with Crippen molar-refractivity contribution in [3.8, 4) is 0 Å². The molecule has 0 amide bonds. The van der Waals surface area contributed by atoms with E-state index in [1.807, 2.05) is 7.05 Å². The number of aryl methyl sites for hydroxylation is 1. The average molecular weight is 499 g/mol. The molecule has 2 aliphatic rings. The van der Waals surface area contributed by atoms with Crippen LogP contribution in [0.2, 0.25) is 0 Å². The Bertz CT molecular complexity index is 646. The van der Waals surface area contributed by atoms with Crippen LogP contribution in [-0.4, -0.2) is 45.9 Å². The Balaban J connectivity index is 0.00000280. The second-order valence-corrected chi connectivity index (χ2v) is 7.42. The number of nitrogens with one attached hydrogen (secondary N) is 2. The Morgan fingerprint density at radius 3 is 2.71 bits per heavy atom. The van der Waals surface area contributed by atoms with E-state index in [0.29, 0.717) is 5.92 Å². The zero-order chi connectivity index (χ0) is 18.9. The normalized spacial score (nSPS) is 22.8. The number of guanidine groups is 1. The summed E-state index contributed by atoms with van der Waals surface area (Å²) >= 11 is 0. The molecule has 156 valence electrons.